The van der Waals surface area contributed by atoms with E-state index in [0.717, 1.165) is 36.2 Å². The van der Waals surface area contributed by atoms with Crippen LogP contribution in [0, 0.1) is 29.4 Å². The molecular weight excluding hydrogens is 306 g/mol. The summed E-state index contributed by atoms with van der Waals surface area (Å²) in [7, 11) is 0.229. The van der Waals surface area contributed by atoms with Gasteiger partial charge in [0, 0.05) is 9.52 Å². The van der Waals surface area contributed by atoms with Crippen LogP contribution in [-0.2, 0) is 0 Å². The summed E-state index contributed by atoms with van der Waals surface area (Å²) in [5, 5.41) is 0. The summed E-state index contributed by atoms with van der Waals surface area (Å²) < 4.78 is 26.5. The highest BCUT2D eigenvalue weighted by Crippen LogP contribution is 2.44. The Labute approximate surface area is 141 Å². The number of benzene rings is 1. The predicted molar refractivity (Wildman–Crippen MR) is 95.7 cm³/mol. The molecule has 0 unspecified atom stereocenters. The zero-order chi connectivity index (χ0) is 16.2. The molecule has 2 saturated carbocycles. The van der Waals surface area contributed by atoms with E-state index in [0.29, 0.717) is 5.92 Å². The van der Waals surface area contributed by atoms with Gasteiger partial charge in [-0.1, -0.05) is 31.5 Å². The third-order valence-electron chi connectivity index (χ3n) is 6.44. The molecule has 2 aliphatic rings. The largest absolute Gasteiger partial charge is 0.204 e. The molecule has 2 fully saturated rings. The summed E-state index contributed by atoms with van der Waals surface area (Å²) in [6.07, 6.45) is 10.7. The monoisotopic (exact) mass is 336 g/mol. The van der Waals surface area contributed by atoms with E-state index in [4.69, 9.17) is 0 Å². The standard InChI is InChI=1S/C20H30F2Si/c1-23-13-14-2-4-15(5-3-14)16-6-8-17(9-7-16)18-10-11-19(21)20(22)12-18/h10-12,14-17H,2-9,13,23H2,1H3/t14-,15-,16?,17?. The van der Waals surface area contributed by atoms with Crippen LogP contribution in [0.25, 0.3) is 0 Å². The van der Waals surface area contributed by atoms with Gasteiger partial charge in [0.05, 0.1) is 0 Å². The van der Waals surface area contributed by atoms with Crippen molar-refractivity contribution < 1.29 is 8.78 Å². The van der Waals surface area contributed by atoms with Gasteiger partial charge >= 0.3 is 0 Å². The Balaban J connectivity index is 1.50. The van der Waals surface area contributed by atoms with E-state index >= 15 is 0 Å². The van der Waals surface area contributed by atoms with Crippen molar-refractivity contribution in [3.8, 4) is 0 Å². The molecule has 0 saturated heterocycles. The summed E-state index contributed by atoms with van der Waals surface area (Å²) in [6.45, 7) is 2.44. The second-order valence-electron chi connectivity index (χ2n) is 7.85. The van der Waals surface area contributed by atoms with Crippen molar-refractivity contribution >= 4 is 9.52 Å². The van der Waals surface area contributed by atoms with Gasteiger partial charge in [-0.25, -0.2) is 8.78 Å². The van der Waals surface area contributed by atoms with Crippen LogP contribution in [0.5, 0.6) is 0 Å². The lowest BCUT2D eigenvalue weighted by Gasteiger charge is -2.38. The summed E-state index contributed by atoms with van der Waals surface area (Å²) in [5.74, 6) is 1.88. The maximum atomic E-state index is 13.4. The second kappa shape index (κ2) is 7.91. The van der Waals surface area contributed by atoms with Crippen molar-refractivity contribution in [2.45, 2.75) is 69.9 Å². The van der Waals surface area contributed by atoms with Gasteiger partial charge in [-0.2, -0.15) is 0 Å². The highest BCUT2D eigenvalue weighted by molar-refractivity contribution is 6.33. The molecule has 0 heterocycles. The van der Waals surface area contributed by atoms with Crippen LogP contribution in [0.15, 0.2) is 18.2 Å². The van der Waals surface area contributed by atoms with Crippen molar-refractivity contribution in [2.24, 2.45) is 17.8 Å². The molecule has 23 heavy (non-hydrogen) atoms. The number of hydrogen-bond acceptors (Lipinski definition) is 0. The second-order valence-corrected chi connectivity index (χ2v) is 9.43. The lowest BCUT2D eigenvalue weighted by Crippen LogP contribution is -2.25. The third kappa shape index (κ3) is 4.23. The average molecular weight is 337 g/mol. The first kappa shape index (κ1) is 17.1. The highest BCUT2D eigenvalue weighted by Gasteiger charge is 2.31. The molecule has 2 aliphatic carbocycles. The average Bonchev–Trinajstić information content (AvgIpc) is 2.59. The van der Waals surface area contributed by atoms with Crippen LogP contribution in [0.2, 0.25) is 12.6 Å². The lowest BCUT2D eigenvalue weighted by molar-refractivity contribution is 0.165. The number of halogens is 2. The van der Waals surface area contributed by atoms with Crippen molar-refractivity contribution in [3.05, 3.63) is 35.4 Å². The first-order valence-corrected chi connectivity index (χ1v) is 12.0. The van der Waals surface area contributed by atoms with Crippen molar-refractivity contribution in [2.75, 3.05) is 0 Å². The molecule has 0 N–H and O–H groups in total. The number of hydrogen-bond donors (Lipinski definition) is 0. The molecule has 128 valence electrons. The Kier molecular flexibility index (Phi) is 5.89. The number of rotatable bonds is 4. The maximum Gasteiger partial charge on any atom is 0.159 e. The van der Waals surface area contributed by atoms with E-state index in [-0.39, 0.29) is 9.52 Å². The molecule has 0 bridgehead atoms. The van der Waals surface area contributed by atoms with Gasteiger partial charge in [-0.3, -0.25) is 0 Å². The molecule has 1 aromatic rings. The van der Waals surface area contributed by atoms with Crippen LogP contribution in [0.4, 0.5) is 8.78 Å². The van der Waals surface area contributed by atoms with Gasteiger partial charge in [-0.05, 0) is 79.9 Å². The summed E-state index contributed by atoms with van der Waals surface area (Å²) in [4.78, 5) is 0. The molecule has 0 atom stereocenters. The minimum absolute atomic E-state index is 0.229. The van der Waals surface area contributed by atoms with Gasteiger partial charge in [0.25, 0.3) is 0 Å². The molecule has 1 aromatic carbocycles. The Morgan fingerprint density at radius 1 is 0.870 bits per heavy atom. The Morgan fingerprint density at radius 2 is 1.48 bits per heavy atom. The van der Waals surface area contributed by atoms with Gasteiger partial charge < -0.3 is 0 Å². The Morgan fingerprint density at radius 3 is 2.04 bits per heavy atom. The van der Waals surface area contributed by atoms with E-state index in [2.05, 4.69) is 6.55 Å². The smallest absolute Gasteiger partial charge is 0.159 e. The third-order valence-corrected chi connectivity index (χ3v) is 7.84. The van der Waals surface area contributed by atoms with Gasteiger partial charge in [-0.15, -0.1) is 0 Å². The van der Waals surface area contributed by atoms with E-state index in [1.807, 2.05) is 0 Å². The van der Waals surface area contributed by atoms with Crippen LogP contribution >= 0.6 is 0 Å². The molecule has 0 spiro atoms. The Bertz CT molecular complexity index is 500. The van der Waals surface area contributed by atoms with Gasteiger partial charge in [0.15, 0.2) is 11.6 Å². The first-order valence-electron chi connectivity index (χ1n) is 9.62. The van der Waals surface area contributed by atoms with Crippen LogP contribution in [0.1, 0.15) is 62.8 Å². The summed E-state index contributed by atoms with van der Waals surface area (Å²) in [6, 6.07) is 6.04. The molecular formula is C20H30F2Si. The van der Waals surface area contributed by atoms with Crippen LogP contribution in [0.3, 0.4) is 0 Å². The lowest BCUT2D eigenvalue weighted by atomic mass is 9.68. The molecule has 0 amide bonds. The molecule has 3 heteroatoms. The normalized spacial score (nSPS) is 32.5. The van der Waals surface area contributed by atoms with Crippen LogP contribution < -0.4 is 0 Å². The predicted octanol–water partition coefficient (Wildman–Crippen LogP) is 5.68. The zero-order valence-electron chi connectivity index (χ0n) is 14.4. The molecule has 0 radical (unpaired) electrons. The summed E-state index contributed by atoms with van der Waals surface area (Å²) >= 11 is 0. The fourth-order valence-corrected chi connectivity index (χ4v) is 6.44. The van der Waals surface area contributed by atoms with E-state index < -0.39 is 11.6 Å². The zero-order valence-corrected chi connectivity index (χ0v) is 15.8. The maximum absolute atomic E-state index is 13.4. The SMILES string of the molecule is C[SiH2]C[C@H]1CC[C@H](C2CCC(c3ccc(F)c(F)c3)CC2)CC1. The summed E-state index contributed by atoms with van der Waals surface area (Å²) in [5.41, 5.74) is 0.999. The fraction of sp³-hybridized carbons (Fsp3) is 0.700. The Hall–Kier alpha value is -0.703. The van der Waals surface area contributed by atoms with Gasteiger partial charge in [0.1, 0.15) is 0 Å². The van der Waals surface area contributed by atoms with E-state index in [9.17, 15) is 8.78 Å². The minimum Gasteiger partial charge on any atom is -0.204 e. The van der Waals surface area contributed by atoms with Crippen molar-refractivity contribution in [1.82, 2.24) is 0 Å². The van der Waals surface area contributed by atoms with Crippen molar-refractivity contribution in [1.29, 1.82) is 0 Å². The topological polar surface area (TPSA) is 0 Å². The molecule has 0 aromatic heterocycles. The minimum atomic E-state index is -0.727. The molecule has 0 aliphatic heterocycles. The molecule has 3 rings (SSSR count). The van der Waals surface area contributed by atoms with Gasteiger partial charge in [0.2, 0.25) is 0 Å². The van der Waals surface area contributed by atoms with Crippen molar-refractivity contribution in [3.63, 3.8) is 0 Å². The molecule has 0 nitrogen and oxygen atoms in total. The highest BCUT2D eigenvalue weighted by atomic mass is 28.2. The quantitative estimate of drug-likeness (QED) is 0.621. The fourth-order valence-electron chi connectivity index (χ4n) is 5.05. The van der Waals surface area contributed by atoms with E-state index in [1.54, 1.807) is 12.1 Å². The van der Waals surface area contributed by atoms with E-state index in [1.165, 1.54) is 50.7 Å². The first-order chi connectivity index (χ1) is 11.2. The van der Waals surface area contributed by atoms with Crippen LogP contribution in [-0.4, -0.2) is 9.52 Å².